The summed E-state index contributed by atoms with van der Waals surface area (Å²) in [6.07, 6.45) is 18.5. The SMILES string of the molecule is N#Cc1ccc(C(=O)C=C2NC(Cc3ccncc3)(Cc3ccncc3)C(=O)N2CCC23CC4CC(CC(C4)C2)C3)cc1. The quantitative estimate of drug-likeness (QED) is 0.264. The van der Waals surface area contributed by atoms with Crippen molar-refractivity contribution in [3.8, 4) is 6.07 Å². The van der Waals surface area contributed by atoms with Gasteiger partial charge in [0.05, 0.1) is 11.6 Å². The van der Waals surface area contributed by atoms with E-state index < -0.39 is 5.54 Å². The lowest BCUT2D eigenvalue weighted by Crippen LogP contribution is -2.51. The third-order valence-corrected chi connectivity index (χ3v) is 10.4. The van der Waals surface area contributed by atoms with Crippen molar-refractivity contribution in [3.05, 3.63) is 107 Å². The summed E-state index contributed by atoms with van der Waals surface area (Å²) in [6.45, 7) is 0.596. The molecule has 4 saturated carbocycles. The minimum absolute atomic E-state index is 0.00438. The fourth-order valence-electron chi connectivity index (χ4n) is 8.93. The highest BCUT2D eigenvalue weighted by molar-refractivity contribution is 6.06. The van der Waals surface area contributed by atoms with Crippen LogP contribution in [0, 0.1) is 34.5 Å². The minimum Gasteiger partial charge on any atom is -0.357 e. The van der Waals surface area contributed by atoms with E-state index in [0.717, 1.165) is 35.3 Å². The molecule has 1 saturated heterocycles. The summed E-state index contributed by atoms with van der Waals surface area (Å²) in [4.78, 5) is 38.5. The molecule has 43 heavy (non-hydrogen) atoms. The molecule has 1 aliphatic heterocycles. The van der Waals surface area contributed by atoms with E-state index in [9.17, 15) is 14.9 Å². The van der Waals surface area contributed by atoms with Gasteiger partial charge in [-0.3, -0.25) is 24.5 Å². The lowest BCUT2D eigenvalue weighted by molar-refractivity contribution is -0.132. The lowest BCUT2D eigenvalue weighted by atomic mass is 9.49. The van der Waals surface area contributed by atoms with E-state index in [0.29, 0.717) is 41.7 Å². The first-order chi connectivity index (χ1) is 20.9. The average molecular weight is 572 g/mol. The fourth-order valence-corrected chi connectivity index (χ4v) is 8.93. The van der Waals surface area contributed by atoms with Crippen molar-refractivity contribution in [2.75, 3.05) is 6.54 Å². The van der Waals surface area contributed by atoms with Gasteiger partial charge in [-0.1, -0.05) is 0 Å². The van der Waals surface area contributed by atoms with Crippen LogP contribution >= 0.6 is 0 Å². The van der Waals surface area contributed by atoms with E-state index in [1.54, 1.807) is 55.1 Å². The Hall–Kier alpha value is -4.31. The van der Waals surface area contributed by atoms with Gasteiger partial charge in [-0.05, 0) is 128 Å². The van der Waals surface area contributed by atoms with Crippen LogP contribution in [0.4, 0.5) is 0 Å². The Morgan fingerprint density at radius 2 is 1.42 bits per heavy atom. The predicted molar refractivity (Wildman–Crippen MR) is 162 cm³/mol. The largest absolute Gasteiger partial charge is 0.357 e. The Labute approximate surface area is 253 Å². The molecule has 8 rings (SSSR count). The molecule has 1 amide bonds. The number of allylic oxidation sites excluding steroid dienone is 1. The summed E-state index contributed by atoms with van der Waals surface area (Å²) >= 11 is 0. The van der Waals surface area contributed by atoms with Gasteiger partial charge in [0.1, 0.15) is 11.4 Å². The maximum Gasteiger partial charge on any atom is 0.254 e. The Bertz CT molecular complexity index is 1500. The molecule has 7 nitrogen and oxygen atoms in total. The number of nitrogens with one attached hydrogen (secondary N) is 1. The van der Waals surface area contributed by atoms with Gasteiger partial charge in [0.25, 0.3) is 5.91 Å². The van der Waals surface area contributed by atoms with Crippen molar-refractivity contribution < 1.29 is 9.59 Å². The van der Waals surface area contributed by atoms with Gasteiger partial charge >= 0.3 is 0 Å². The van der Waals surface area contributed by atoms with Crippen LogP contribution in [0.5, 0.6) is 0 Å². The summed E-state index contributed by atoms with van der Waals surface area (Å²) < 4.78 is 0. The third-order valence-electron chi connectivity index (χ3n) is 10.4. The lowest BCUT2D eigenvalue weighted by Gasteiger charge is -2.57. The summed E-state index contributed by atoms with van der Waals surface area (Å²) in [5.41, 5.74) is 2.35. The zero-order chi connectivity index (χ0) is 29.4. The second kappa shape index (κ2) is 11.1. The smallest absolute Gasteiger partial charge is 0.254 e. The first-order valence-electron chi connectivity index (χ1n) is 15.6. The molecule has 3 heterocycles. The van der Waals surface area contributed by atoms with Crippen LogP contribution in [0.2, 0.25) is 0 Å². The van der Waals surface area contributed by atoms with Crippen molar-refractivity contribution in [1.29, 1.82) is 5.26 Å². The molecule has 0 unspecified atom stereocenters. The van der Waals surface area contributed by atoms with Crippen LogP contribution in [-0.4, -0.2) is 38.6 Å². The molecular formula is C36H37N5O2. The van der Waals surface area contributed by atoms with Gasteiger partial charge in [-0.2, -0.15) is 5.26 Å². The highest BCUT2D eigenvalue weighted by atomic mass is 16.2. The van der Waals surface area contributed by atoms with Crippen molar-refractivity contribution in [2.24, 2.45) is 23.2 Å². The predicted octanol–water partition coefficient (Wildman–Crippen LogP) is 5.63. The van der Waals surface area contributed by atoms with Crippen LogP contribution < -0.4 is 5.32 Å². The molecule has 218 valence electrons. The maximum absolute atomic E-state index is 14.7. The number of amides is 1. The van der Waals surface area contributed by atoms with Crippen molar-refractivity contribution >= 4 is 11.7 Å². The number of hydrogen-bond acceptors (Lipinski definition) is 6. The molecule has 1 N–H and O–H groups in total. The van der Waals surface area contributed by atoms with Gasteiger partial charge in [0.2, 0.25) is 0 Å². The summed E-state index contributed by atoms with van der Waals surface area (Å²) in [5.74, 6) is 2.89. The topological polar surface area (TPSA) is 99.0 Å². The number of pyridine rings is 2. The number of rotatable bonds is 9. The maximum atomic E-state index is 14.7. The molecule has 1 aromatic carbocycles. The molecule has 3 aromatic rings. The van der Waals surface area contributed by atoms with Gasteiger partial charge in [0.15, 0.2) is 5.78 Å². The number of nitriles is 1. The number of carbonyl (C=O) groups excluding carboxylic acids is 2. The van der Waals surface area contributed by atoms with Crippen LogP contribution in [-0.2, 0) is 17.6 Å². The normalized spacial score (nSPS) is 27.7. The molecule has 4 bridgehead atoms. The number of carbonyl (C=O) groups is 2. The average Bonchev–Trinajstić information content (AvgIpc) is 3.25. The van der Waals surface area contributed by atoms with Crippen LogP contribution in [0.15, 0.2) is 85.2 Å². The van der Waals surface area contributed by atoms with E-state index in [1.807, 2.05) is 29.2 Å². The number of benzene rings is 1. The molecule has 2 aromatic heterocycles. The molecular weight excluding hydrogens is 534 g/mol. The zero-order valence-electron chi connectivity index (χ0n) is 24.4. The standard InChI is InChI=1S/C36H37N5O2/c37-24-27-1-3-31(4-2-27)32(42)18-33-40-36(22-25-5-10-38-11-6-25,23-26-7-12-39-13-8-26)34(43)41(33)14-9-35-19-28-15-29(20-35)17-30(16-28)21-35/h1-8,10-13,18,28-30,40H,9,14-17,19-23H2. The number of ketones is 1. The Morgan fingerprint density at radius 1 is 0.884 bits per heavy atom. The molecule has 5 fully saturated rings. The van der Waals surface area contributed by atoms with E-state index in [2.05, 4.69) is 21.4 Å². The first-order valence-corrected chi connectivity index (χ1v) is 15.6. The van der Waals surface area contributed by atoms with Crippen molar-refractivity contribution in [2.45, 2.75) is 63.3 Å². The van der Waals surface area contributed by atoms with Crippen LogP contribution in [0.25, 0.3) is 0 Å². The highest BCUT2D eigenvalue weighted by Gasteiger charge is 2.53. The van der Waals surface area contributed by atoms with Gasteiger partial charge in [-0.25, -0.2) is 0 Å². The van der Waals surface area contributed by atoms with Gasteiger partial charge in [-0.15, -0.1) is 0 Å². The monoisotopic (exact) mass is 571 g/mol. The third kappa shape index (κ3) is 5.47. The Balaban J connectivity index is 1.23. The second-order valence-electron chi connectivity index (χ2n) is 13.5. The van der Waals surface area contributed by atoms with Crippen LogP contribution in [0.1, 0.15) is 72.0 Å². The Morgan fingerprint density at radius 3 is 1.93 bits per heavy atom. The summed E-state index contributed by atoms with van der Waals surface area (Å²) in [7, 11) is 0. The van der Waals surface area contributed by atoms with E-state index in [-0.39, 0.29) is 11.7 Å². The second-order valence-corrected chi connectivity index (χ2v) is 13.5. The highest BCUT2D eigenvalue weighted by Crippen LogP contribution is 2.61. The van der Waals surface area contributed by atoms with E-state index in [1.165, 1.54) is 38.5 Å². The van der Waals surface area contributed by atoms with E-state index >= 15 is 0 Å². The van der Waals surface area contributed by atoms with Gasteiger partial charge < -0.3 is 5.32 Å². The molecule has 4 aliphatic carbocycles. The van der Waals surface area contributed by atoms with Gasteiger partial charge in [0, 0.05) is 55.8 Å². The number of aromatic nitrogens is 2. The zero-order valence-corrected chi connectivity index (χ0v) is 24.4. The number of nitrogens with zero attached hydrogens (tertiary/aromatic N) is 4. The summed E-state index contributed by atoms with van der Waals surface area (Å²) in [6, 6.07) is 16.6. The van der Waals surface area contributed by atoms with Crippen molar-refractivity contribution in [1.82, 2.24) is 20.2 Å². The fraction of sp³-hybridized carbons (Fsp3) is 0.417. The molecule has 0 atom stereocenters. The molecule has 0 radical (unpaired) electrons. The first kappa shape index (κ1) is 27.5. The minimum atomic E-state index is -0.957. The molecule has 7 heteroatoms. The van der Waals surface area contributed by atoms with Crippen molar-refractivity contribution in [3.63, 3.8) is 0 Å². The number of hydrogen-bond donors (Lipinski definition) is 1. The molecule has 0 spiro atoms. The molecule has 5 aliphatic rings. The van der Waals surface area contributed by atoms with Crippen LogP contribution in [0.3, 0.4) is 0 Å². The van der Waals surface area contributed by atoms with E-state index in [4.69, 9.17) is 0 Å². The summed E-state index contributed by atoms with van der Waals surface area (Å²) in [5, 5.41) is 12.8. The Kier molecular flexibility index (Phi) is 7.09.